The van der Waals surface area contributed by atoms with Crippen LogP contribution in [0.1, 0.15) is 23.3 Å². The Morgan fingerprint density at radius 2 is 2.11 bits per heavy atom. The summed E-state index contributed by atoms with van der Waals surface area (Å²) in [6.07, 6.45) is 3.46. The highest BCUT2D eigenvalue weighted by Gasteiger charge is 2.21. The molecule has 1 amide bonds. The summed E-state index contributed by atoms with van der Waals surface area (Å²) in [6.45, 7) is 1.68. The molecule has 2 heterocycles. The molecular weight excluding hydrogens is 236 g/mol. The Morgan fingerprint density at radius 1 is 1.44 bits per heavy atom. The molecule has 0 aromatic carbocycles. The molecule has 1 fully saturated rings. The zero-order chi connectivity index (χ0) is 13.1. The van der Waals surface area contributed by atoms with Crippen LogP contribution in [0, 0.1) is 0 Å². The van der Waals surface area contributed by atoms with Gasteiger partial charge >= 0.3 is 5.97 Å². The number of carbonyl (C=O) groups excluding carboxylic acids is 2. The Kier molecular flexibility index (Phi) is 3.50. The number of esters is 1. The lowest BCUT2D eigenvalue weighted by molar-refractivity contribution is -0.130. The van der Waals surface area contributed by atoms with Crippen molar-refractivity contribution in [3.63, 3.8) is 0 Å². The second kappa shape index (κ2) is 5.07. The fourth-order valence-electron chi connectivity index (χ4n) is 1.98. The molecule has 0 unspecified atom stereocenters. The van der Waals surface area contributed by atoms with Crippen LogP contribution in [0.15, 0.2) is 6.33 Å². The van der Waals surface area contributed by atoms with Gasteiger partial charge in [-0.25, -0.2) is 9.78 Å². The van der Waals surface area contributed by atoms with Crippen LogP contribution in [-0.2, 0) is 16.1 Å². The standard InChI is InChI=1S/C11H16N4O3/c1-18-11(17)9-10(12)15(7-13-9)6-8(16)14-4-2-3-5-14/h7H,2-6,12H2,1H3. The van der Waals surface area contributed by atoms with E-state index in [9.17, 15) is 9.59 Å². The molecule has 98 valence electrons. The third-order valence-electron chi connectivity index (χ3n) is 3.02. The van der Waals surface area contributed by atoms with E-state index in [4.69, 9.17) is 5.73 Å². The van der Waals surface area contributed by atoms with Gasteiger partial charge in [0.25, 0.3) is 0 Å². The van der Waals surface area contributed by atoms with Crippen molar-refractivity contribution in [1.29, 1.82) is 0 Å². The second-order valence-electron chi connectivity index (χ2n) is 4.19. The number of ether oxygens (including phenoxy) is 1. The molecule has 18 heavy (non-hydrogen) atoms. The first kappa shape index (κ1) is 12.4. The largest absolute Gasteiger partial charge is 0.464 e. The van der Waals surface area contributed by atoms with E-state index in [-0.39, 0.29) is 24.0 Å². The molecule has 1 aliphatic rings. The molecule has 1 aromatic heterocycles. The molecule has 0 bridgehead atoms. The van der Waals surface area contributed by atoms with Gasteiger partial charge < -0.3 is 19.9 Å². The summed E-state index contributed by atoms with van der Waals surface area (Å²) >= 11 is 0. The highest BCUT2D eigenvalue weighted by atomic mass is 16.5. The fourth-order valence-corrected chi connectivity index (χ4v) is 1.98. The average molecular weight is 252 g/mol. The van der Waals surface area contributed by atoms with Crippen LogP contribution < -0.4 is 5.73 Å². The minimum Gasteiger partial charge on any atom is -0.464 e. The quantitative estimate of drug-likeness (QED) is 0.757. The molecule has 2 N–H and O–H groups in total. The normalized spacial score (nSPS) is 14.8. The number of imidazole rings is 1. The van der Waals surface area contributed by atoms with Crippen molar-refractivity contribution in [3.8, 4) is 0 Å². The van der Waals surface area contributed by atoms with Gasteiger partial charge in [-0.15, -0.1) is 0 Å². The number of anilines is 1. The number of nitrogen functional groups attached to an aromatic ring is 1. The van der Waals surface area contributed by atoms with Crippen LogP contribution in [0.5, 0.6) is 0 Å². The van der Waals surface area contributed by atoms with Crippen LogP contribution in [0.3, 0.4) is 0 Å². The monoisotopic (exact) mass is 252 g/mol. The van der Waals surface area contributed by atoms with Crippen LogP contribution in [0.4, 0.5) is 5.82 Å². The van der Waals surface area contributed by atoms with E-state index >= 15 is 0 Å². The molecule has 1 aliphatic heterocycles. The first-order valence-corrected chi connectivity index (χ1v) is 5.80. The molecule has 0 saturated carbocycles. The topological polar surface area (TPSA) is 90.4 Å². The zero-order valence-electron chi connectivity index (χ0n) is 10.3. The summed E-state index contributed by atoms with van der Waals surface area (Å²) in [5.74, 6) is -0.442. The van der Waals surface area contributed by atoms with Crippen LogP contribution in [0.25, 0.3) is 0 Å². The van der Waals surface area contributed by atoms with E-state index in [0.29, 0.717) is 0 Å². The third-order valence-corrected chi connectivity index (χ3v) is 3.02. The third kappa shape index (κ3) is 2.29. The Bertz CT molecular complexity index is 463. The van der Waals surface area contributed by atoms with Crippen molar-refractivity contribution in [2.24, 2.45) is 0 Å². The van der Waals surface area contributed by atoms with E-state index in [1.54, 1.807) is 4.90 Å². The van der Waals surface area contributed by atoms with E-state index in [1.807, 2.05) is 0 Å². The maximum atomic E-state index is 11.9. The average Bonchev–Trinajstić information content (AvgIpc) is 3.00. The highest BCUT2D eigenvalue weighted by molar-refractivity contribution is 5.92. The summed E-state index contributed by atoms with van der Waals surface area (Å²) in [5.41, 5.74) is 5.80. The minimum absolute atomic E-state index is 0.00647. The first-order chi connectivity index (χ1) is 8.63. The Hall–Kier alpha value is -2.05. The molecule has 2 rings (SSSR count). The van der Waals surface area contributed by atoms with Gasteiger partial charge in [-0.1, -0.05) is 0 Å². The van der Waals surface area contributed by atoms with Gasteiger partial charge in [-0.2, -0.15) is 0 Å². The summed E-state index contributed by atoms with van der Waals surface area (Å²) < 4.78 is 6.01. The number of carbonyl (C=O) groups is 2. The lowest BCUT2D eigenvalue weighted by Crippen LogP contribution is -2.31. The highest BCUT2D eigenvalue weighted by Crippen LogP contribution is 2.13. The SMILES string of the molecule is COC(=O)c1ncn(CC(=O)N2CCCC2)c1N. The van der Waals surface area contributed by atoms with E-state index in [2.05, 4.69) is 9.72 Å². The van der Waals surface area contributed by atoms with Crippen LogP contribution >= 0.6 is 0 Å². The summed E-state index contributed by atoms with van der Waals surface area (Å²) in [4.78, 5) is 28.9. The van der Waals surface area contributed by atoms with Gasteiger partial charge in [0, 0.05) is 13.1 Å². The molecule has 7 nitrogen and oxygen atoms in total. The Morgan fingerprint density at radius 3 is 2.72 bits per heavy atom. The van der Waals surface area contributed by atoms with Gasteiger partial charge in [-0.05, 0) is 12.8 Å². The number of nitrogens with zero attached hydrogens (tertiary/aromatic N) is 3. The number of aromatic nitrogens is 2. The lowest BCUT2D eigenvalue weighted by atomic mass is 10.4. The molecule has 0 spiro atoms. The molecule has 7 heteroatoms. The predicted octanol–water partition coefficient (Wildman–Crippen LogP) is -0.126. The Balaban J connectivity index is 2.07. The summed E-state index contributed by atoms with van der Waals surface area (Å²) in [5, 5.41) is 0. The number of hydrogen-bond donors (Lipinski definition) is 1. The fraction of sp³-hybridized carbons (Fsp3) is 0.545. The van der Waals surface area contributed by atoms with Crippen molar-refractivity contribution in [2.75, 3.05) is 25.9 Å². The first-order valence-electron chi connectivity index (χ1n) is 5.80. The summed E-state index contributed by atoms with van der Waals surface area (Å²) in [6, 6.07) is 0. The van der Waals surface area contributed by atoms with E-state index in [1.165, 1.54) is 18.0 Å². The number of hydrogen-bond acceptors (Lipinski definition) is 5. The van der Waals surface area contributed by atoms with Gasteiger partial charge in [0.2, 0.25) is 5.91 Å². The molecule has 1 aromatic rings. The van der Waals surface area contributed by atoms with Crippen LogP contribution in [-0.4, -0.2) is 46.5 Å². The maximum Gasteiger partial charge on any atom is 0.360 e. The Labute approximate surface area is 105 Å². The van der Waals surface area contributed by atoms with Gasteiger partial charge in [0.05, 0.1) is 13.4 Å². The van der Waals surface area contributed by atoms with Crippen molar-refractivity contribution < 1.29 is 14.3 Å². The number of rotatable bonds is 3. The van der Waals surface area contributed by atoms with Crippen molar-refractivity contribution in [2.45, 2.75) is 19.4 Å². The lowest BCUT2D eigenvalue weighted by Gasteiger charge is -2.15. The second-order valence-corrected chi connectivity index (χ2v) is 4.19. The van der Waals surface area contributed by atoms with Gasteiger partial charge in [-0.3, -0.25) is 4.79 Å². The van der Waals surface area contributed by atoms with Gasteiger partial charge in [0.15, 0.2) is 5.69 Å². The van der Waals surface area contributed by atoms with Crippen molar-refractivity contribution in [1.82, 2.24) is 14.5 Å². The molecule has 0 aliphatic carbocycles. The summed E-state index contributed by atoms with van der Waals surface area (Å²) in [7, 11) is 1.26. The molecule has 0 atom stereocenters. The van der Waals surface area contributed by atoms with E-state index in [0.717, 1.165) is 25.9 Å². The smallest absolute Gasteiger partial charge is 0.360 e. The zero-order valence-corrected chi connectivity index (χ0v) is 10.3. The number of likely N-dealkylation sites (tertiary alicyclic amines) is 1. The number of nitrogens with two attached hydrogens (primary N) is 1. The molecule has 0 radical (unpaired) electrons. The molecular formula is C11H16N4O3. The van der Waals surface area contributed by atoms with E-state index < -0.39 is 5.97 Å². The number of methoxy groups -OCH3 is 1. The van der Waals surface area contributed by atoms with Gasteiger partial charge in [0.1, 0.15) is 12.4 Å². The van der Waals surface area contributed by atoms with Crippen molar-refractivity contribution in [3.05, 3.63) is 12.0 Å². The molecule has 1 saturated heterocycles. The van der Waals surface area contributed by atoms with Crippen LogP contribution in [0.2, 0.25) is 0 Å². The predicted molar refractivity (Wildman–Crippen MR) is 63.8 cm³/mol. The number of amides is 1. The minimum atomic E-state index is -0.597. The van der Waals surface area contributed by atoms with Crippen molar-refractivity contribution >= 4 is 17.7 Å². The maximum absolute atomic E-state index is 11.9.